The number of aliphatic carboxylic acids is 1. The van der Waals surface area contributed by atoms with Gasteiger partial charge in [0.1, 0.15) is 0 Å². The first-order valence-corrected chi connectivity index (χ1v) is 2.44. The molecular weight excluding hydrogens is 160 g/mol. The Morgan fingerprint density at radius 1 is 1.50 bits per heavy atom. The molecule has 0 heterocycles. The van der Waals surface area contributed by atoms with Crippen LogP contribution in [-0.2, 0) is 14.3 Å². The number of carboxylic acid groups (broad SMARTS) is 1. The van der Waals surface area contributed by atoms with Crippen molar-refractivity contribution in [2.24, 2.45) is 0 Å². The summed E-state index contributed by atoms with van der Waals surface area (Å²) < 4.78 is 4.27. The topological polar surface area (TPSA) is 63.6 Å². The number of halogens is 1. The van der Waals surface area contributed by atoms with Gasteiger partial charge in [-0.25, -0.2) is 4.79 Å². The molecule has 60 valence electrons. The highest BCUT2D eigenvalue weighted by atomic mass is 35.5. The maximum atomic E-state index is 10.1. The van der Waals surface area contributed by atoms with Crippen LogP contribution in [0.4, 0.5) is 0 Å². The minimum atomic E-state index is -1.13. The Morgan fingerprint density at radius 3 is 2.00 bits per heavy atom. The van der Waals surface area contributed by atoms with E-state index in [9.17, 15) is 9.59 Å². The highest BCUT2D eigenvalue weighted by molar-refractivity contribution is 5.85. The molecule has 4 nitrogen and oxygen atoms in total. The predicted octanol–water partition coefficient (Wildman–Crippen LogP) is 0.444. The Labute approximate surface area is 64.6 Å². The molecule has 0 rings (SSSR count). The normalized spacial score (nSPS) is 11.0. The molecule has 0 aromatic heterocycles. The van der Waals surface area contributed by atoms with Gasteiger partial charge in [0.05, 0.1) is 0 Å². The van der Waals surface area contributed by atoms with Gasteiger partial charge in [-0.05, 0) is 6.92 Å². The van der Waals surface area contributed by atoms with Crippen LogP contribution in [0, 0.1) is 0 Å². The summed E-state index contributed by atoms with van der Waals surface area (Å²) in [5.74, 6) is -1.71. The summed E-state index contributed by atoms with van der Waals surface area (Å²) in [6.45, 7) is 2.46. The Balaban J connectivity index is 0. The molecule has 0 amide bonds. The van der Waals surface area contributed by atoms with Gasteiger partial charge in [0, 0.05) is 6.92 Å². The van der Waals surface area contributed by atoms with E-state index >= 15 is 0 Å². The van der Waals surface area contributed by atoms with Crippen LogP contribution in [0.2, 0.25) is 0 Å². The first-order chi connectivity index (χ1) is 4.04. The van der Waals surface area contributed by atoms with Gasteiger partial charge in [-0.1, -0.05) is 0 Å². The maximum Gasteiger partial charge on any atom is 0.344 e. The van der Waals surface area contributed by atoms with E-state index < -0.39 is 18.0 Å². The van der Waals surface area contributed by atoms with Crippen molar-refractivity contribution >= 4 is 24.3 Å². The lowest BCUT2D eigenvalue weighted by molar-refractivity contribution is -0.161. The maximum absolute atomic E-state index is 10.1. The lowest BCUT2D eigenvalue weighted by Crippen LogP contribution is -2.21. The second-order valence-corrected chi connectivity index (χ2v) is 1.59. The molecule has 0 aromatic rings. The third-order valence-corrected chi connectivity index (χ3v) is 0.691. The highest BCUT2D eigenvalue weighted by Gasteiger charge is 2.12. The minimum Gasteiger partial charge on any atom is -0.479 e. The third kappa shape index (κ3) is 5.37. The third-order valence-electron chi connectivity index (χ3n) is 0.691. The average molecular weight is 169 g/mol. The molecule has 10 heavy (non-hydrogen) atoms. The van der Waals surface area contributed by atoms with Gasteiger partial charge in [0.2, 0.25) is 0 Å². The van der Waals surface area contributed by atoms with E-state index in [1.807, 2.05) is 0 Å². The van der Waals surface area contributed by atoms with Crippen LogP contribution in [0.1, 0.15) is 13.8 Å². The Morgan fingerprint density at radius 2 is 1.90 bits per heavy atom. The fourth-order valence-electron chi connectivity index (χ4n) is 0.299. The van der Waals surface area contributed by atoms with E-state index in [4.69, 9.17) is 5.11 Å². The molecule has 0 aromatic carbocycles. The molecule has 0 radical (unpaired) electrons. The van der Waals surface area contributed by atoms with Crippen LogP contribution in [-0.4, -0.2) is 23.1 Å². The molecule has 5 heteroatoms. The van der Waals surface area contributed by atoms with Crippen LogP contribution < -0.4 is 0 Å². The minimum absolute atomic E-state index is 0. The first-order valence-electron chi connectivity index (χ1n) is 2.44. The second-order valence-electron chi connectivity index (χ2n) is 1.59. The first kappa shape index (κ1) is 12.0. The van der Waals surface area contributed by atoms with E-state index in [1.165, 1.54) is 13.8 Å². The summed E-state index contributed by atoms with van der Waals surface area (Å²) in [6.07, 6.45) is -1.04. The molecule has 1 N–H and O–H groups in total. The largest absolute Gasteiger partial charge is 0.479 e. The molecule has 0 fully saturated rings. The lowest BCUT2D eigenvalue weighted by atomic mass is 10.4. The number of hydrogen-bond donors (Lipinski definition) is 1. The molecular formula is C5H9ClO4. The quantitative estimate of drug-likeness (QED) is 0.608. The van der Waals surface area contributed by atoms with Crippen molar-refractivity contribution < 1.29 is 19.4 Å². The fourth-order valence-corrected chi connectivity index (χ4v) is 0.299. The highest BCUT2D eigenvalue weighted by Crippen LogP contribution is 1.89. The van der Waals surface area contributed by atoms with Crippen molar-refractivity contribution in [2.45, 2.75) is 20.0 Å². The summed E-state index contributed by atoms with van der Waals surface area (Å²) in [5, 5.41) is 8.15. The molecule has 0 bridgehead atoms. The standard InChI is InChI=1S/C5H8O4.ClH/c1-3(5(7)8)9-4(2)6;/h3H,1-2H3,(H,7,8);1H/t3-;/m1./s1. The summed E-state index contributed by atoms with van der Waals surface area (Å²) in [6, 6.07) is 0. The molecule has 0 spiro atoms. The number of esters is 1. The zero-order valence-electron chi connectivity index (χ0n) is 5.66. The average Bonchev–Trinajstić information content (AvgIpc) is 1.63. The van der Waals surface area contributed by atoms with Gasteiger partial charge in [-0.3, -0.25) is 4.79 Å². The van der Waals surface area contributed by atoms with Crippen LogP contribution >= 0.6 is 12.4 Å². The molecule has 0 aliphatic rings. The number of carbonyl (C=O) groups excluding carboxylic acids is 1. The van der Waals surface area contributed by atoms with Crippen LogP contribution in [0.3, 0.4) is 0 Å². The summed E-state index contributed by atoms with van der Waals surface area (Å²) in [5.41, 5.74) is 0. The molecule has 0 saturated heterocycles. The summed E-state index contributed by atoms with van der Waals surface area (Å²) >= 11 is 0. The number of rotatable bonds is 2. The molecule has 0 unspecified atom stereocenters. The van der Waals surface area contributed by atoms with Crippen molar-refractivity contribution in [3.63, 3.8) is 0 Å². The Bertz CT molecular complexity index is 134. The van der Waals surface area contributed by atoms with E-state index in [1.54, 1.807) is 0 Å². The SMILES string of the molecule is CC(=O)O[C@H](C)C(=O)O.Cl. The second kappa shape index (κ2) is 5.05. The van der Waals surface area contributed by atoms with E-state index in [0.717, 1.165) is 0 Å². The van der Waals surface area contributed by atoms with Crippen molar-refractivity contribution in [1.82, 2.24) is 0 Å². The Hall–Kier alpha value is -0.770. The van der Waals surface area contributed by atoms with Crippen LogP contribution in [0.25, 0.3) is 0 Å². The molecule has 0 aliphatic heterocycles. The van der Waals surface area contributed by atoms with Gasteiger partial charge in [-0.2, -0.15) is 0 Å². The molecule has 0 aliphatic carbocycles. The van der Waals surface area contributed by atoms with Gasteiger partial charge in [-0.15, -0.1) is 12.4 Å². The Kier molecular flexibility index (Phi) is 6.04. The summed E-state index contributed by atoms with van der Waals surface area (Å²) in [4.78, 5) is 20.0. The number of ether oxygens (including phenoxy) is 1. The van der Waals surface area contributed by atoms with Crippen molar-refractivity contribution in [1.29, 1.82) is 0 Å². The number of hydrogen-bond acceptors (Lipinski definition) is 3. The lowest BCUT2D eigenvalue weighted by Gasteiger charge is -2.04. The smallest absolute Gasteiger partial charge is 0.344 e. The molecule has 1 atom stereocenters. The van der Waals surface area contributed by atoms with E-state index in [2.05, 4.69) is 4.74 Å². The fraction of sp³-hybridized carbons (Fsp3) is 0.600. The van der Waals surface area contributed by atoms with E-state index in [-0.39, 0.29) is 12.4 Å². The van der Waals surface area contributed by atoms with Gasteiger partial charge >= 0.3 is 11.9 Å². The van der Waals surface area contributed by atoms with Gasteiger partial charge in [0.15, 0.2) is 6.10 Å². The zero-order chi connectivity index (χ0) is 7.44. The zero-order valence-corrected chi connectivity index (χ0v) is 6.47. The van der Waals surface area contributed by atoms with Crippen LogP contribution in [0.5, 0.6) is 0 Å². The van der Waals surface area contributed by atoms with Crippen molar-refractivity contribution in [3.05, 3.63) is 0 Å². The molecule has 0 saturated carbocycles. The van der Waals surface area contributed by atoms with Gasteiger partial charge < -0.3 is 9.84 Å². The van der Waals surface area contributed by atoms with Crippen LogP contribution in [0.15, 0.2) is 0 Å². The van der Waals surface area contributed by atoms with Crippen molar-refractivity contribution in [2.75, 3.05) is 0 Å². The van der Waals surface area contributed by atoms with E-state index in [0.29, 0.717) is 0 Å². The summed E-state index contributed by atoms with van der Waals surface area (Å²) in [7, 11) is 0. The van der Waals surface area contributed by atoms with Gasteiger partial charge in [0.25, 0.3) is 0 Å². The van der Waals surface area contributed by atoms with Crippen molar-refractivity contribution in [3.8, 4) is 0 Å². The number of carbonyl (C=O) groups is 2. The monoisotopic (exact) mass is 168 g/mol. The predicted molar refractivity (Wildman–Crippen MR) is 36.1 cm³/mol. The number of carboxylic acids is 1.